The molecule has 0 saturated carbocycles. The third kappa shape index (κ3) is 9.10. The van der Waals surface area contributed by atoms with Crippen molar-refractivity contribution >= 4 is 29.1 Å². The van der Waals surface area contributed by atoms with Gasteiger partial charge in [0.15, 0.2) is 11.7 Å². The highest BCUT2D eigenvalue weighted by atomic mass is 32.1. The molecule has 0 aromatic heterocycles. The lowest BCUT2D eigenvalue weighted by atomic mass is 9.99. The topological polar surface area (TPSA) is 88.7 Å². The van der Waals surface area contributed by atoms with Crippen LogP contribution in [-0.2, 0) is 4.79 Å². The van der Waals surface area contributed by atoms with E-state index in [1.54, 1.807) is 24.3 Å². The second-order valence-corrected chi connectivity index (χ2v) is 8.56. The first-order valence-electron chi connectivity index (χ1n) is 11.1. The number of benzene rings is 2. The van der Waals surface area contributed by atoms with Gasteiger partial charge in [0.25, 0.3) is 11.8 Å². The molecule has 2 aromatic carbocycles. The van der Waals surface area contributed by atoms with E-state index in [9.17, 15) is 9.59 Å². The number of carbonyl (C=O) groups excluding carboxylic acids is 2. The van der Waals surface area contributed by atoms with Crippen LogP contribution in [0.2, 0.25) is 0 Å². The Hall–Kier alpha value is -3.13. The van der Waals surface area contributed by atoms with Gasteiger partial charge in [0.1, 0.15) is 11.5 Å². The fraction of sp³-hybridized carbons (Fsp3) is 0.400. The van der Waals surface area contributed by atoms with Crippen molar-refractivity contribution < 1.29 is 19.1 Å². The number of hydrogen-bond acceptors (Lipinski definition) is 5. The van der Waals surface area contributed by atoms with Crippen molar-refractivity contribution in [3.63, 3.8) is 0 Å². The Morgan fingerprint density at radius 2 is 1.67 bits per heavy atom. The van der Waals surface area contributed by atoms with Crippen molar-refractivity contribution in [2.75, 3.05) is 13.2 Å². The van der Waals surface area contributed by atoms with Crippen LogP contribution in [0.25, 0.3) is 0 Å². The summed E-state index contributed by atoms with van der Waals surface area (Å²) in [5, 5.41) is 2.49. The number of hydrogen-bond donors (Lipinski definition) is 3. The molecule has 0 spiro atoms. The first kappa shape index (κ1) is 26.1. The zero-order valence-electron chi connectivity index (χ0n) is 19.6. The van der Waals surface area contributed by atoms with Crippen LogP contribution >= 0.6 is 12.2 Å². The van der Waals surface area contributed by atoms with E-state index in [1.807, 2.05) is 24.3 Å². The van der Waals surface area contributed by atoms with Crippen LogP contribution in [0.4, 0.5) is 0 Å². The maximum Gasteiger partial charge on any atom is 0.276 e. The molecule has 0 aliphatic rings. The molecule has 1 atom stereocenters. The van der Waals surface area contributed by atoms with Crippen molar-refractivity contribution in [1.82, 2.24) is 16.2 Å². The highest BCUT2D eigenvalue weighted by molar-refractivity contribution is 7.80. The number of ether oxygens (including phenoxy) is 2. The lowest BCUT2D eigenvalue weighted by Crippen LogP contribution is -2.49. The second kappa shape index (κ2) is 13.4. The fourth-order valence-corrected chi connectivity index (χ4v) is 2.97. The minimum Gasteiger partial charge on any atom is -0.493 e. The van der Waals surface area contributed by atoms with Gasteiger partial charge in [0, 0.05) is 0 Å². The third-order valence-corrected chi connectivity index (χ3v) is 5.26. The van der Waals surface area contributed by atoms with Crippen LogP contribution in [0.3, 0.4) is 0 Å². The predicted octanol–water partition coefficient (Wildman–Crippen LogP) is 4.34. The number of amides is 2. The predicted molar refractivity (Wildman–Crippen MR) is 133 cm³/mol. The Morgan fingerprint density at radius 1 is 0.970 bits per heavy atom. The molecular weight excluding hydrogens is 438 g/mol. The fourth-order valence-electron chi connectivity index (χ4n) is 2.83. The first-order valence-corrected chi connectivity index (χ1v) is 11.6. The number of para-hydroxylation sites is 1. The van der Waals surface area contributed by atoms with E-state index in [2.05, 4.69) is 43.9 Å². The lowest BCUT2D eigenvalue weighted by Gasteiger charge is -2.14. The standard InChI is InChI=1S/C25H33N3O4S/c1-5-18(4)19-10-12-20(13-11-19)32-16-23(29)27-28-25(33)26-24(30)21-8-6-7-9-22(21)31-15-14-17(2)3/h6-13,17-18H,5,14-16H2,1-4H3,(H,27,29)(H2,26,28,30,33). The third-order valence-electron chi connectivity index (χ3n) is 5.06. The summed E-state index contributed by atoms with van der Waals surface area (Å²) in [7, 11) is 0. The van der Waals surface area contributed by atoms with Crippen LogP contribution in [-0.4, -0.2) is 30.1 Å². The second-order valence-electron chi connectivity index (χ2n) is 8.15. The molecule has 2 amide bonds. The van der Waals surface area contributed by atoms with Crippen molar-refractivity contribution in [3.8, 4) is 11.5 Å². The van der Waals surface area contributed by atoms with E-state index in [0.717, 1.165) is 12.8 Å². The van der Waals surface area contributed by atoms with Gasteiger partial charge in [0.2, 0.25) is 0 Å². The minimum absolute atomic E-state index is 0.0387. The quantitative estimate of drug-likeness (QED) is 0.353. The summed E-state index contributed by atoms with van der Waals surface area (Å²) in [6.07, 6.45) is 1.94. The van der Waals surface area contributed by atoms with E-state index in [0.29, 0.717) is 35.5 Å². The summed E-state index contributed by atoms with van der Waals surface area (Å²) in [6, 6.07) is 14.6. The smallest absolute Gasteiger partial charge is 0.276 e. The van der Waals surface area contributed by atoms with Gasteiger partial charge in [-0.3, -0.25) is 25.8 Å². The van der Waals surface area contributed by atoms with Gasteiger partial charge in [-0.15, -0.1) is 0 Å². The summed E-state index contributed by atoms with van der Waals surface area (Å²) in [5.74, 6) is 1.19. The number of hydrazine groups is 1. The van der Waals surface area contributed by atoms with Crippen molar-refractivity contribution in [2.45, 2.75) is 46.5 Å². The van der Waals surface area contributed by atoms with Crippen LogP contribution in [0.5, 0.6) is 11.5 Å². The normalized spacial score (nSPS) is 11.4. The Bertz CT molecular complexity index is 932. The number of rotatable bonds is 10. The van der Waals surface area contributed by atoms with E-state index in [4.69, 9.17) is 21.7 Å². The van der Waals surface area contributed by atoms with Gasteiger partial charge in [0.05, 0.1) is 12.2 Å². The number of nitrogens with one attached hydrogen (secondary N) is 3. The summed E-state index contributed by atoms with van der Waals surface area (Å²) >= 11 is 5.10. The number of thiocarbonyl (C=S) groups is 1. The molecule has 7 nitrogen and oxygen atoms in total. The molecule has 0 aliphatic heterocycles. The van der Waals surface area contributed by atoms with Crippen LogP contribution in [0.1, 0.15) is 62.4 Å². The molecule has 8 heteroatoms. The van der Waals surface area contributed by atoms with Gasteiger partial charge in [-0.05, 0) is 66.7 Å². The summed E-state index contributed by atoms with van der Waals surface area (Å²) in [4.78, 5) is 24.6. The molecule has 0 radical (unpaired) electrons. The highest BCUT2D eigenvalue weighted by Gasteiger charge is 2.14. The average Bonchev–Trinajstić information content (AvgIpc) is 2.81. The molecular formula is C25H33N3O4S. The average molecular weight is 472 g/mol. The summed E-state index contributed by atoms with van der Waals surface area (Å²) < 4.78 is 11.2. The Kier molecular flexibility index (Phi) is 10.6. The van der Waals surface area contributed by atoms with E-state index >= 15 is 0 Å². The van der Waals surface area contributed by atoms with Crippen molar-refractivity contribution in [3.05, 3.63) is 59.7 Å². The SMILES string of the molecule is CCC(C)c1ccc(OCC(=O)NNC(=S)NC(=O)c2ccccc2OCCC(C)C)cc1. The van der Waals surface area contributed by atoms with Gasteiger partial charge < -0.3 is 9.47 Å². The minimum atomic E-state index is -0.435. The molecule has 2 rings (SSSR count). The zero-order chi connectivity index (χ0) is 24.2. The maximum absolute atomic E-state index is 12.6. The van der Waals surface area contributed by atoms with Crippen LogP contribution < -0.4 is 25.6 Å². The molecule has 0 heterocycles. The molecule has 3 N–H and O–H groups in total. The number of carbonyl (C=O) groups is 2. The summed E-state index contributed by atoms with van der Waals surface area (Å²) in [6.45, 7) is 8.83. The largest absolute Gasteiger partial charge is 0.493 e. The van der Waals surface area contributed by atoms with Gasteiger partial charge in [-0.2, -0.15) is 0 Å². The van der Waals surface area contributed by atoms with E-state index in [-0.39, 0.29) is 11.7 Å². The van der Waals surface area contributed by atoms with Crippen LogP contribution in [0.15, 0.2) is 48.5 Å². The molecule has 178 valence electrons. The monoisotopic (exact) mass is 471 g/mol. The molecule has 1 unspecified atom stereocenters. The van der Waals surface area contributed by atoms with Gasteiger partial charge in [-0.25, -0.2) is 0 Å². The lowest BCUT2D eigenvalue weighted by molar-refractivity contribution is -0.123. The molecule has 0 aliphatic carbocycles. The zero-order valence-corrected chi connectivity index (χ0v) is 20.5. The Labute approximate surface area is 201 Å². The Balaban J connectivity index is 1.77. The van der Waals surface area contributed by atoms with Crippen LogP contribution in [0, 0.1) is 5.92 Å². The molecule has 2 aromatic rings. The first-order chi connectivity index (χ1) is 15.8. The molecule has 0 saturated heterocycles. The molecule has 0 bridgehead atoms. The molecule has 33 heavy (non-hydrogen) atoms. The highest BCUT2D eigenvalue weighted by Crippen LogP contribution is 2.21. The van der Waals surface area contributed by atoms with Gasteiger partial charge >= 0.3 is 0 Å². The maximum atomic E-state index is 12.6. The van der Waals surface area contributed by atoms with E-state index < -0.39 is 11.8 Å². The summed E-state index contributed by atoms with van der Waals surface area (Å²) in [5.41, 5.74) is 6.50. The Morgan fingerprint density at radius 3 is 2.33 bits per heavy atom. The van der Waals surface area contributed by atoms with Gasteiger partial charge in [-0.1, -0.05) is 52.0 Å². The molecule has 0 fully saturated rings. The van der Waals surface area contributed by atoms with Crippen molar-refractivity contribution in [2.24, 2.45) is 5.92 Å². The van der Waals surface area contributed by atoms with E-state index in [1.165, 1.54) is 5.56 Å². The van der Waals surface area contributed by atoms with Crippen molar-refractivity contribution in [1.29, 1.82) is 0 Å².